The van der Waals surface area contributed by atoms with E-state index in [1.165, 1.54) is 7.11 Å². The van der Waals surface area contributed by atoms with E-state index < -0.39 is 11.8 Å². The van der Waals surface area contributed by atoms with Gasteiger partial charge in [-0.05, 0) is 49.6 Å². The zero-order valence-corrected chi connectivity index (χ0v) is 16.8. The number of halogens is 2. The van der Waals surface area contributed by atoms with Crippen molar-refractivity contribution in [1.82, 2.24) is 0 Å². The van der Waals surface area contributed by atoms with Crippen LogP contribution < -0.4 is 15.0 Å². The van der Waals surface area contributed by atoms with Gasteiger partial charge in [-0.15, -0.1) is 0 Å². The summed E-state index contributed by atoms with van der Waals surface area (Å²) in [7, 11) is 1.49. The predicted molar refractivity (Wildman–Crippen MR) is 108 cm³/mol. The molecule has 0 spiro atoms. The summed E-state index contributed by atoms with van der Waals surface area (Å²) in [6, 6.07) is 8.80. The summed E-state index contributed by atoms with van der Waals surface area (Å²) in [5, 5.41) is 3.30. The maximum absolute atomic E-state index is 13.0. The molecule has 5 nitrogen and oxygen atoms in total. The van der Waals surface area contributed by atoms with Crippen LogP contribution in [0.4, 0.5) is 11.4 Å². The highest BCUT2D eigenvalue weighted by Crippen LogP contribution is 2.36. The van der Waals surface area contributed by atoms with Gasteiger partial charge in [0.05, 0.1) is 18.5 Å². The Kier molecular flexibility index (Phi) is 5.18. The first-order valence-electron chi connectivity index (χ1n) is 8.22. The second-order valence-electron chi connectivity index (χ2n) is 6.28. The van der Waals surface area contributed by atoms with Gasteiger partial charge in [0.1, 0.15) is 16.5 Å². The number of anilines is 2. The fourth-order valence-corrected chi connectivity index (χ4v) is 3.24. The minimum absolute atomic E-state index is 0.00240. The van der Waals surface area contributed by atoms with E-state index in [1.54, 1.807) is 24.3 Å². The third-order valence-electron chi connectivity index (χ3n) is 4.58. The number of benzene rings is 2. The van der Waals surface area contributed by atoms with Crippen LogP contribution in [0, 0.1) is 20.8 Å². The number of amides is 2. The van der Waals surface area contributed by atoms with E-state index in [0.717, 1.165) is 21.6 Å². The first-order valence-corrected chi connectivity index (χ1v) is 8.97. The number of rotatable bonds is 4. The Morgan fingerprint density at radius 3 is 2.37 bits per heavy atom. The summed E-state index contributed by atoms with van der Waals surface area (Å²) in [5.41, 5.74) is 3.61. The lowest BCUT2D eigenvalue weighted by Crippen LogP contribution is -2.33. The van der Waals surface area contributed by atoms with E-state index in [0.29, 0.717) is 22.1 Å². The average molecular weight is 405 g/mol. The topological polar surface area (TPSA) is 58.6 Å². The highest BCUT2D eigenvalue weighted by molar-refractivity contribution is 6.53. The lowest BCUT2D eigenvalue weighted by Gasteiger charge is -2.19. The van der Waals surface area contributed by atoms with Crippen molar-refractivity contribution in [2.75, 3.05) is 17.3 Å². The minimum atomic E-state index is -0.567. The van der Waals surface area contributed by atoms with Gasteiger partial charge in [-0.1, -0.05) is 35.3 Å². The third-order valence-corrected chi connectivity index (χ3v) is 5.34. The predicted octanol–water partition coefficient (Wildman–Crippen LogP) is 4.71. The second kappa shape index (κ2) is 7.25. The molecule has 0 bridgehead atoms. The van der Waals surface area contributed by atoms with Crippen molar-refractivity contribution in [3.05, 3.63) is 62.8 Å². The van der Waals surface area contributed by atoms with Crippen molar-refractivity contribution in [1.29, 1.82) is 0 Å². The number of carbonyl (C=O) groups excluding carboxylic acids is 2. The van der Waals surface area contributed by atoms with Crippen LogP contribution in [0.25, 0.3) is 0 Å². The molecule has 0 radical (unpaired) electrons. The molecule has 0 aliphatic carbocycles. The number of methoxy groups -OCH3 is 1. The minimum Gasteiger partial charge on any atom is -0.495 e. The number of imide groups is 1. The quantitative estimate of drug-likeness (QED) is 0.749. The molecule has 0 saturated heterocycles. The number of carbonyl (C=O) groups is 2. The Balaban J connectivity index is 2.01. The molecule has 3 rings (SSSR count). The third kappa shape index (κ3) is 3.29. The number of hydrogen-bond donors (Lipinski definition) is 1. The lowest BCUT2D eigenvalue weighted by atomic mass is 10.1. The van der Waals surface area contributed by atoms with E-state index in [2.05, 4.69) is 5.32 Å². The van der Waals surface area contributed by atoms with Gasteiger partial charge in [0.15, 0.2) is 0 Å². The summed E-state index contributed by atoms with van der Waals surface area (Å²) in [5.74, 6) is -0.649. The van der Waals surface area contributed by atoms with E-state index in [1.807, 2.05) is 26.8 Å². The highest BCUT2D eigenvalue weighted by Gasteiger charge is 2.40. The molecule has 1 heterocycles. The summed E-state index contributed by atoms with van der Waals surface area (Å²) in [6.07, 6.45) is 0. The fraction of sp³-hybridized carbons (Fsp3) is 0.200. The number of ether oxygens (including phenoxy) is 1. The average Bonchev–Trinajstić information content (AvgIpc) is 2.84. The van der Waals surface area contributed by atoms with Crippen LogP contribution in [-0.4, -0.2) is 18.9 Å². The molecule has 2 amide bonds. The molecule has 2 aromatic carbocycles. The van der Waals surface area contributed by atoms with Crippen LogP contribution in [0.5, 0.6) is 5.75 Å². The molecule has 0 saturated carbocycles. The van der Waals surface area contributed by atoms with Crippen molar-refractivity contribution in [2.24, 2.45) is 0 Å². The van der Waals surface area contributed by atoms with E-state index in [-0.39, 0.29) is 10.7 Å². The maximum atomic E-state index is 13.0. The van der Waals surface area contributed by atoms with Gasteiger partial charge in [-0.3, -0.25) is 9.59 Å². The molecule has 27 heavy (non-hydrogen) atoms. The molecule has 0 fully saturated rings. The molecule has 2 aromatic rings. The summed E-state index contributed by atoms with van der Waals surface area (Å²) in [6.45, 7) is 5.60. The number of aryl methyl sites for hydroxylation is 2. The summed E-state index contributed by atoms with van der Waals surface area (Å²) < 4.78 is 5.31. The van der Waals surface area contributed by atoms with Crippen LogP contribution in [0.15, 0.2) is 41.1 Å². The van der Waals surface area contributed by atoms with Gasteiger partial charge < -0.3 is 10.1 Å². The van der Waals surface area contributed by atoms with Crippen LogP contribution in [-0.2, 0) is 9.59 Å². The Morgan fingerprint density at radius 1 is 1.00 bits per heavy atom. The fourth-order valence-electron chi connectivity index (χ4n) is 2.87. The molecule has 140 valence electrons. The SMILES string of the molecule is COc1cc(Cl)c(C)cc1NC1=C(Cl)C(=O)N(c2cccc(C)c2C)C1=O. The van der Waals surface area contributed by atoms with Crippen molar-refractivity contribution < 1.29 is 14.3 Å². The van der Waals surface area contributed by atoms with E-state index >= 15 is 0 Å². The largest absolute Gasteiger partial charge is 0.495 e. The first-order chi connectivity index (χ1) is 12.8. The van der Waals surface area contributed by atoms with Crippen LogP contribution in [0.1, 0.15) is 16.7 Å². The van der Waals surface area contributed by atoms with Crippen molar-refractivity contribution in [3.63, 3.8) is 0 Å². The Hall–Kier alpha value is -2.50. The van der Waals surface area contributed by atoms with Gasteiger partial charge >= 0.3 is 0 Å². The van der Waals surface area contributed by atoms with Gasteiger partial charge in [-0.2, -0.15) is 0 Å². The Bertz CT molecular complexity index is 999. The standard InChI is InChI=1S/C20H18Cl2N2O3/c1-10-6-5-7-15(12(10)3)24-19(25)17(22)18(20(24)26)23-14-8-11(2)13(21)9-16(14)27-4/h5-9,23H,1-4H3. The Labute approximate surface area is 167 Å². The normalized spacial score (nSPS) is 14.2. The monoisotopic (exact) mass is 404 g/mol. The molecule has 0 unspecified atom stereocenters. The van der Waals surface area contributed by atoms with Crippen LogP contribution in [0.3, 0.4) is 0 Å². The van der Waals surface area contributed by atoms with Gasteiger partial charge in [0.2, 0.25) is 0 Å². The van der Waals surface area contributed by atoms with E-state index in [4.69, 9.17) is 27.9 Å². The van der Waals surface area contributed by atoms with Crippen LogP contribution in [0.2, 0.25) is 5.02 Å². The van der Waals surface area contributed by atoms with Gasteiger partial charge in [0, 0.05) is 11.1 Å². The van der Waals surface area contributed by atoms with Crippen molar-refractivity contribution in [3.8, 4) is 5.75 Å². The second-order valence-corrected chi connectivity index (χ2v) is 7.07. The molecular formula is C20H18Cl2N2O3. The number of nitrogens with one attached hydrogen (secondary N) is 1. The summed E-state index contributed by atoms with van der Waals surface area (Å²) in [4.78, 5) is 26.7. The van der Waals surface area contributed by atoms with Crippen LogP contribution >= 0.6 is 23.2 Å². The molecule has 0 aromatic heterocycles. The summed E-state index contributed by atoms with van der Waals surface area (Å²) >= 11 is 12.3. The van der Waals surface area contributed by atoms with Crippen molar-refractivity contribution in [2.45, 2.75) is 20.8 Å². The van der Waals surface area contributed by atoms with Gasteiger partial charge in [0.25, 0.3) is 11.8 Å². The van der Waals surface area contributed by atoms with Gasteiger partial charge in [-0.25, -0.2) is 4.90 Å². The highest BCUT2D eigenvalue weighted by atomic mass is 35.5. The molecule has 7 heteroatoms. The molecule has 0 atom stereocenters. The molecule has 1 N–H and O–H groups in total. The maximum Gasteiger partial charge on any atom is 0.283 e. The number of nitrogens with zero attached hydrogens (tertiary/aromatic N) is 1. The smallest absolute Gasteiger partial charge is 0.283 e. The Morgan fingerprint density at radius 2 is 1.70 bits per heavy atom. The molecule has 1 aliphatic rings. The molecule has 1 aliphatic heterocycles. The number of hydrogen-bond acceptors (Lipinski definition) is 4. The lowest BCUT2D eigenvalue weighted by molar-refractivity contribution is -0.120. The van der Waals surface area contributed by atoms with Crippen molar-refractivity contribution >= 4 is 46.4 Å². The van der Waals surface area contributed by atoms with E-state index in [9.17, 15) is 9.59 Å². The zero-order chi connectivity index (χ0) is 19.9. The molecular weight excluding hydrogens is 387 g/mol. The zero-order valence-electron chi connectivity index (χ0n) is 15.3. The first kappa shape index (κ1) is 19.3.